The number of benzene rings is 1. The number of nitrogens with one attached hydrogen (secondary N) is 1. The molecule has 6 nitrogen and oxygen atoms in total. The second-order valence-electron chi connectivity index (χ2n) is 3.90. The van der Waals surface area contributed by atoms with Crippen LogP contribution in [0.25, 0.3) is 0 Å². The van der Waals surface area contributed by atoms with Crippen LogP contribution in [0.3, 0.4) is 0 Å². The van der Waals surface area contributed by atoms with Crippen molar-refractivity contribution in [2.75, 3.05) is 17.4 Å². The van der Waals surface area contributed by atoms with Gasteiger partial charge in [0.2, 0.25) is 5.13 Å². The van der Waals surface area contributed by atoms with Crippen molar-refractivity contribution in [3.63, 3.8) is 0 Å². The van der Waals surface area contributed by atoms with Gasteiger partial charge in [0.15, 0.2) is 9.84 Å². The molecule has 2 aromatic rings. The van der Waals surface area contributed by atoms with E-state index in [1.165, 1.54) is 23.6 Å². The Morgan fingerprint density at radius 3 is 2.85 bits per heavy atom. The highest BCUT2D eigenvalue weighted by molar-refractivity contribution is 9.10. The lowest BCUT2D eigenvalue weighted by Crippen LogP contribution is -2.02. The molecule has 2 rings (SSSR count). The van der Waals surface area contributed by atoms with Gasteiger partial charge in [-0.05, 0) is 12.1 Å². The molecule has 0 radical (unpaired) electrons. The Balaban J connectivity index is 2.25. The zero-order chi connectivity index (χ0) is 14.8. The topological polar surface area (TPSA) is 97.4 Å². The monoisotopic (exact) mass is 374 g/mol. The van der Waals surface area contributed by atoms with Crippen molar-refractivity contribution in [2.45, 2.75) is 4.90 Å². The van der Waals surface area contributed by atoms with Gasteiger partial charge in [0.1, 0.15) is 5.82 Å². The number of aromatic nitrogens is 1. The zero-order valence-corrected chi connectivity index (χ0v) is 13.6. The van der Waals surface area contributed by atoms with E-state index < -0.39 is 9.84 Å². The van der Waals surface area contributed by atoms with Gasteiger partial charge in [0, 0.05) is 21.7 Å². The van der Waals surface area contributed by atoms with Gasteiger partial charge >= 0.3 is 0 Å². The first kappa shape index (κ1) is 14.9. The molecule has 0 aliphatic rings. The van der Waals surface area contributed by atoms with Gasteiger partial charge in [-0.2, -0.15) is 5.10 Å². The average molecular weight is 375 g/mol. The van der Waals surface area contributed by atoms with E-state index in [4.69, 9.17) is 5.73 Å². The molecule has 0 amide bonds. The lowest BCUT2D eigenvalue weighted by Gasteiger charge is -2.04. The summed E-state index contributed by atoms with van der Waals surface area (Å²) >= 11 is 4.56. The van der Waals surface area contributed by atoms with E-state index in [1.807, 2.05) is 0 Å². The number of nitrogens with zero attached hydrogens (tertiary/aromatic N) is 2. The lowest BCUT2D eigenvalue weighted by molar-refractivity contribution is 0.601. The fourth-order valence-corrected chi connectivity index (χ4v) is 3.38. The smallest absolute Gasteiger partial charge is 0.205 e. The molecule has 9 heteroatoms. The maximum Gasteiger partial charge on any atom is 0.205 e. The minimum absolute atomic E-state index is 0.205. The largest absolute Gasteiger partial charge is 0.383 e. The minimum atomic E-state index is -3.33. The fourth-order valence-electron chi connectivity index (χ4n) is 1.43. The highest BCUT2D eigenvalue weighted by atomic mass is 79.9. The van der Waals surface area contributed by atoms with E-state index in [2.05, 4.69) is 31.4 Å². The maximum atomic E-state index is 11.7. The molecule has 1 aromatic heterocycles. The molecule has 0 spiro atoms. The van der Waals surface area contributed by atoms with Crippen molar-refractivity contribution in [1.82, 2.24) is 4.98 Å². The van der Waals surface area contributed by atoms with Gasteiger partial charge < -0.3 is 5.73 Å². The van der Waals surface area contributed by atoms with Crippen LogP contribution in [-0.2, 0) is 9.84 Å². The zero-order valence-electron chi connectivity index (χ0n) is 10.4. The molecule has 0 unspecified atom stereocenters. The SMILES string of the molecule is CS(=O)(=O)c1cc(Br)ccc1C=NNc1nc(N)cs1. The van der Waals surface area contributed by atoms with Crippen LogP contribution in [-0.4, -0.2) is 25.9 Å². The van der Waals surface area contributed by atoms with Crippen LogP contribution in [0, 0.1) is 0 Å². The van der Waals surface area contributed by atoms with Crippen molar-refractivity contribution in [3.8, 4) is 0 Å². The third kappa shape index (κ3) is 3.78. The first-order valence-corrected chi connectivity index (χ1v) is 8.92. The third-order valence-corrected chi connectivity index (χ3v) is 4.67. The van der Waals surface area contributed by atoms with Crippen molar-refractivity contribution >= 4 is 54.3 Å². The second kappa shape index (κ2) is 5.90. The van der Waals surface area contributed by atoms with Crippen molar-refractivity contribution in [1.29, 1.82) is 0 Å². The number of rotatable bonds is 4. The number of hydrazone groups is 1. The van der Waals surface area contributed by atoms with E-state index in [-0.39, 0.29) is 4.90 Å². The fraction of sp³-hybridized carbons (Fsp3) is 0.0909. The molecule has 0 fully saturated rings. The Labute approximate surface area is 128 Å². The van der Waals surface area contributed by atoms with Gasteiger partial charge in [-0.25, -0.2) is 13.4 Å². The molecular formula is C11H11BrN4O2S2. The number of hydrogen-bond donors (Lipinski definition) is 2. The molecule has 0 aliphatic carbocycles. The number of halogens is 1. The highest BCUT2D eigenvalue weighted by Crippen LogP contribution is 2.20. The third-order valence-electron chi connectivity index (χ3n) is 2.26. The minimum Gasteiger partial charge on any atom is -0.383 e. The Morgan fingerprint density at radius 2 is 2.25 bits per heavy atom. The van der Waals surface area contributed by atoms with Crippen LogP contribution in [0.5, 0.6) is 0 Å². The molecule has 0 aliphatic heterocycles. The summed E-state index contributed by atoms with van der Waals surface area (Å²) in [5.74, 6) is 0.410. The highest BCUT2D eigenvalue weighted by Gasteiger charge is 2.12. The normalized spacial score (nSPS) is 11.9. The summed E-state index contributed by atoms with van der Waals surface area (Å²) < 4.78 is 24.1. The summed E-state index contributed by atoms with van der Waals surface area (Å²) in [7, 11) is -3.33. The van der Waals surface area contributed by atoms with Gasteiger partial charge in [0.05, 0.1) is 11.1 Å². The van der Waals surface area contributed by atoms with Crippen LogP contribution in [0.1, 0.15) is 5.56 Å². The molecule has 3 N–H and O–H groups in total. The molecule has 1 heterocycles. The molecule has 106 valence electrons. The van der Waals surface area contributed by atoms with Crippen LogP contribution in [0.15, 0.2) is 38.0 Å². The van der Waals surface area contributed by atoms with Crippen LogP contribution < -0.4 is 11.2 Å². The Kier molecular flexibility index (Phi) is 4.41. The molecule has 0 saturated heterocycles. The van der Waals surface area contributed by atoms with Gasteiger partial charge in [-0.1, -0.05) is 22.0 Å². The molecular weight excluding hydrogens is 364 g/mol. The lowest BCUT2D eigenvalue weighted by atomic mass is 10.2. The summed E-state index contributed by atoms with van der Waals surface area (Å²) in [6.07, 6.45) is 2.58. The number of thiazole rings is 1. The predicted molar refractivity (Wildman–Crippen MR) is 85.0 cm³/mol. The average Bonchev–Trinajstić information content (AvgIpc) is 2.76. The molecule has 0 saturated carbocycles. The van der Waals surface area contributed by atoms with Gasteiger partial charge in [0.25, 0.3) is 0 Å². The molecule has 0 atom stereocenters. The molecule has 0 bridgehead atoms. The summed E-state index contributed by atoms with van der Waals surface area (Å²) in [4.78, 5) is 4.18. The Morgan fingerprint density at radius 1 is 1.50 bits per heavy atom. The van der Waals surface area contributed by atoms with Crippen molar-refractivity contribution in [3.05, 3.63) is 33.6 Å². The van der Waals surface area contributed by atoms with Crippen LogP contribution >= 0.6 is 27.3 Å². The Hall–Kier alpha value is -1.45. The van der Waals surface area contributed by atoms with E-state index >= 15 is 0 Å². The first-order chi connectivity index (χ1) is 9.36. The van der Waals surface area contributed by atoms with E-state index in [0.717, 1.165) is 6.26 Å². The molecule has 20 heavy (non-hydrogen) atoms. The van der Waals surface area contributed by atoms with Crippen LogP contribution in [0.2, 0.25) is 0 Å². The molecule has 1 aromatic carbocycles. The quantitative estimate of drug-likeness (QED) is 0.632. The van der Waals surface area contributed by atoms with Crippen molar-refractivity contribution < 1.29 is 8.42 Å². The maximum absolute atomic E-state index is 11.7. The van der Waals surface area contributed by atoms with Crippen molar-refractivity contribution in [2.24, 2.45) is 5.10 Å². The first-order valence-electron chi connectivity index (χ1n) is 5.36. The number of sulfone groups is 1. The standard InChI is InChI=1S/C11H11BrN4O2S2/c1-20(17,18)9-4-8(12)3-2-7(9)5-14-16-11-15-10(13)6-19-11/h2-6H,13H2,1H3,(H,15,16). The van der Waals surface area contributed by atoms with E-state index in [1.54, 1.807) is 17.5 Å². The number of hydrogen-bond acceptors (Lipinski definition) is 7. The number of anilines is 2. The Bertz CT molecular complexity index is 756. The summed E-state index contributed by atoms with van der Waals surface area (Å²) in [6.45, 7) is 0. The van der Waals surface area contributed by atoms with E-state index in [9.17, 15) is 8.42 Å². The predicted octanol–water partition coefficient (Wildman–Crippen LogP) is 2.34. The summed E-state index contributed by atoms with van der Waals surface area (Å²) in [5.41, 5.74) is 8.67. The summed E-state index contributed by atoms with van der Waals surface area (Å²) in [5, 5.41) is 6.19. The number of nitrogens with two attached hydrogens (primary N) is 1. The van der Waals surface area contributed by atoms with Gasteiger partial charge in [-0.15, -0.1) is 11.3 Å². The summed E-state index contributed by atoms with van der Waals surface area (Å²) in [6, 6.07) is 4.96. The second-order valence-corrected chi connectivity index (χ2v) is 7.66. The number of nitrogen functional groups attached to an aromatic ring is 1. The van der Waals surface area contributed by atoms with Crippen LogP contribution in [0.4, 0.5) is 10.9 Å². The van der Waals surface area contributed by atoms with Gasteiger partial charge in [-0.3, -0.25) is 5.43 Å². The van der Waals surface area contributed by atoms with E-state index in [0.29, 0.717) is 21.0 Å².